The Balaban J connectivity index is 2.03. The Morgan fingerprint density at radius 1 is 1.27 bits per heavy atom. The molecule has 0 spiro atoms. The van der Waals surface area contributed by atoms with Crippen LogP contribution in [-0.2, 0) is 13.6 Å². The summed E-state index contributed by atoms with van der Waals surface area (Å²) in [5, 5.41) is 9.08. The van der Waals surface area contributed by atoms with Crippen molar-refractivity contribution in [2.75, 3.05) is 13.2 Å². The topological polar surface area (TPSA) is 65.0 Å². The van der Waals surface area contributed by atoms with Crippen molar-refractivity contribution in [2.24, 2.45) is 0 Å². The van der Waals surface area contributed by atoms with Crippen LogP contribution in [0.25, 0.3) is 0 Å². The number of phosphoric ester groups is 1. The molecule has 1 fully saturated rings. The third-order valence-electron chi connectivity index (χ3n) is 1.81. The molecule has 0 atom stereocenters. The first-order valence-electron chi connectivity index (χ1n) is 4.50. The Labute approximate surface area is 87.2 Å². The maximum atomic E-state index is 11.8. The molecular formula is C9H11O5P. The highest BCUT2D eigenvalue weighted by atomic mass is 31.2. The van der Waals surface area contributed by atoms with E-state index in [1.54, 1.807) is 24.3 Å². The number of hydrogen-bond acceptors (Lipinski definition) is 5. The predicted octanol–water partition coefficient (Wildman–Crippen LogP) is 1.58. The van der Waals surface area contributed by atoms with Gasteiger partial charge in [0.2, 0.25) is 0 Å². The van der Waals surface area contributed by atoms with E-state index in [0.29, 0.717) is 5.75 Å². The van der Waals surface area contributed by atoms with Crippen molar-refractivity contribution in [1.82, 2.24) is 0 Å². The molecule has 1 aliphatic heterocycles. The van der Waals surface area contributed by atoms with Gasteiger partial charge in [-0.15, -0.1) is 0 Å². The van der Waals surface area contributed by atoms with E-state index < -0.39 is 13.9 Å². The van der Waals surface area contributed by atoms with Gasteiger partial charge in [-0.2, -0.15) is 0 Å². The quantitative estimate of drug-likeness (QED) is 0.781. The molecule has 0 radical (unpaired) electrons. The highest BCUT2D eigenvalue weighted by Crippen LogP contribution is 2.51. The SMILES string of the molecule is O=P1(Oc2ccccc2)OCC(O)CO1. The smallest absolute Gasteiger partial charge is 0.404 e. The first kappa shape index (κ1) is 10.6. The van der Waals surface area contributed by atoms with Crippen LogP contribution in [-0.4, -0.2) is 24.4 Å². The second-order valence-corrected chi connectivity index (χ2v) is 4.69. The van der Waals surface area contributed by atoms with Gasteiger partial charge in [0, 0.05) is 0 Å². The van der Waals surface area contributed by atoms with Crippen LogP contribution in [0.3, 0.4) is 0 Å². The highest BCUT2D eigenvalue weighted by Gasteiger charge is 2.34. The fraction of sp³-hybridized carbons (Fsp3) is 0.333. The second-order valence-electron chi connectivity index (χ2n) is 3.10. The minimum Gasteiger partial charge on any atom is -0.404 e. The number of phosphoric acid groups is 1. The van der Waals surface area contributed by atoms with Gasteiger partial charge in [-0.3, -0.25) is 9.05 Å². The van der Waals surface area contributed by atoms with Gasteiger partial charge in [0.1, 0.15) is 11.9 Å². The number of aliphatic hydroxyl groups is 1. The molecule has 82 valence electrons. The highest BCUT2D eigenvalue weighted by molar-refractivity contribution is 7.49. The summed E-state index contributed by atoms with van der Waals surface area (Å²) in [6.45, 7) is -0.0752. The van der Waals surface area contributed by atoms with Gasteiger partial charge in [-0.05, 0) is 12.1 Å². The van der Waals surface area contributed by atoms with E-state index in [1.807, 2.05) is 6.07 Å². The maximum Gasteiger partial charge on any atom is 0.530 e. The third-order valence-corrected chi connectivity index (χ3v) is 3.18. The van der Waals surface area contributed by atoms with E-state index in [9.17, 15) is 4.57 Å². The Hall–Kier alpha value is -0.870. The lowest BCUT2D eigenvalue weighted by atomic mass is 10.3. The van der Waals surface area contributed by atoms with Crippen molar-refractivity contribution in [1.29, 1.82) is 0 Å². The summed E-state index contributed by atoms with van der Waals surface area (Å²) in [6.07, 6.45) is -0.744. The van der Waals surface area contributed by atoms with Crippen LogP contribution in [0, 0.1) is 0 Å². The van der Waals surface area contributed by atoms with E-state index in [4.69, 9.17) is 18.7 Å². The Kier molecular flexibility index (Phi) is 3.07. The molecule has 0 aromatic heterocycles. The van der Waals surface area contributed by atoms with Crippen molar-refractivity contribution in [3.05, 3.63) is 30.3 Å². The molecule has 1 heterocycles. The normalized spacial score (nSPS) is 31.1. The molecule has 5 nitrogen and oxygen atoms in total. The van der Waals surface area contributed by atoms with Gasteiger partial charge in [0.15, 0.2) is 0 Å². The molecular weight excluding hydrogens is 219 g/mol. The zero-order valence-corrected chi connectivity index (χ0v) is 8.80. The van der Waals surface area contributed by atoms with Crippen molar-refractivity contribution < 1.29 is 23.2 Å². The van der Waals surface area contributed by atoms with Gasteiger partial charge in [0.25, 0.3) is 0 Å². The molecule has 1 N–H and O–H groups in total. The molecule has 0 saturated carbocycles. The number of rotatable bonds is 2. The molecule has 0 aliphatic carbocycles. The summed E-state index contributed by atoms with van der Waals surface area (Å²) < 4.78 is 26.5. The molecule has 0 unspecified atom stereocenters. The molecule has 6 heteroatoms. The Morgan fingerprint density at radius 2 is 1.87 bits per heavy atom. The average molecular weight is 230 g/mol. The van der Waals surface area contributed by atoms with Crippen LogP contribution in [0.1, 0.15) is 0 Å². The molecule has 1 aromatic rings. The van der Waals surface area contributed by atoms with Crippen LogP contribution in [0.4, 0.5) is 0 Å². The van der Waals surface area contributed by atoms with Crippen molar-refractivity contribution in [2.45, 2.75) is 6.10 Å². The minimum absolute atomic E-state index is 0.0376. The molecule has 1 saturated heterocycles. The Morgan fingerprint density at radius 3 is 2.47 bits per heavy atom. The van der Waals surface area contributed by atoms with Gasteiger partial charge in [-0.1, -0.05) is 18.2 Å². The lowest BCUT2D eigenvalue weighted by molar-refractivity contribution is -0.00152. The summed E-state index contributed by atoms with van der Waals surface area (Å²) in [5.41, 5.74) is 0. The van der Waals surface area contributed by atoms with E-state index in [-0.39, 0.29) is 13.2 Å². The second kappa shape index (κ2) is 4.33. The van der Waals surface area contributed by atoms with Crippen molar-refractivity contribution in [3.8, 4) is 5.75 Å². The Bertz CT molecular complexity index is 354. The average Bonchev–Trinajstić information content (AvgIpc) is 2.24. The summed E-state index contributed by atoms with van der Waals surface area (Å²) in [4.78, 5) is 0. The number of hydrogen-bond donors (Lipinski definition) is 1. The van der Waals surface area contributed by atoms with Crippen molar-refractivity contribution >= 4 is 7.82 Å². The van der Waals surface area contributed by atoms with Gasteiger partial charge in [-0.25, -0.2) is 4.57 Å². The van der Waals surface area contributed by atoms with E-state index in [1.165, 1.54) is 0 Å². The summed E-state index contributed by atoms with van der Waals surface area (Å²) in [7, 11) is -3.53. The number of aliphatic hydroxyl groups excluding tert-OH is 1. The third kappa shape index (κ3) is 2.79. The van der Waals surface area contributed by atoms with Gasteiger partial charge < -0.3 is 9.63 Å². The van der Waals surface area contributed by atoms with Gasteiger partial charge >= 0.3 is 7.82 Å². The number of benzene rings is 1. The molecule has 0 amide bonds. The fourth-order valence-corrected chi connectivity index (χ4v) is 2.37. The maximum absolute atomic E-state index is 11.8. The van der Waals surface area contributed by atoms with E-state index in [2.05, 4.69) is 0 Å². The summed E-state index contributed by atoms with van der Waals surface area (Å²) in [6, 6.07) is 8.62. The van der Waals surface area contributed by atoms with Crippen molar-refractivity contribution in [3.63, 3.8) is 0 Å². The lowest BCUT2D eigenvalue weighted by Crippen LogP contribution is -2.27. The van der Waals surface area contributed by atoms with Gasteiger partial charge in [0.05, 0.1) is 13.2 Å². The first-order chi connectivity index (χ1) is 7.18. The van der Waals surface area contributed by atoms with E-state index in [0.717, 1.165) is 0 Å². The van der Waals surface area contributed by atoms with Crippen LogP contribution in [0.5, 0.6) is 5.75 Å². The van der Waals surface area contributed by atoms with Crippen LogP contribution < -0.4 is 4.52 Å². The standard InChI is InChI=1S/C9H11O5P/c10-8-6-12-15(11,13-7-8)14-9-4-2-1-3-5-9/h1-5,8,10H,6-7H2. The van der Waals surface area contributed by atoms with E-state index >= 15 is 0 Å². The lowest BCUT2D eigenvalue weighted by Gasteiger charge is -2.25. The predicted molar refractivity (Wildman–Crippen MR) is 52.6 cm³/mol. The summed E-state index contributed by atoms with van der Waals surface area (Å²) in [5.74, 6) is 0.414. The molecule has 1 aromatic carbocycles. The van der Waals surface area contributed by atoms with Crippen LogP contribution in [0.2, 0.25) is 0 Å². The number of para-hydroxylation sites is 1. The zero-order chi connectivity index (χ0) is 10.7. The largest absolute Gasteiger partial charge is 0.530 e. The van der Waals surface area contributed by atoms with Crippen LogP contribution >= 0.6 is 7.82 Å². The molecule has 1 aliphatic rings. The molecule has 0 bridgehead atoms. The fourth-order valence-electron chi connectivity index (χ4n) is 1.10. The summed E-state index contributed by atoms with van der Waals surface area (Å²) >= 11 is 0. The molecule has 15 heavy (non-hydrogen) atoms. The first-order valence-corrected chi connectivity index (χ1v) is 5.96. The zero-order valence-electron chi connectivity index (χ0n) is 7.91. The van der Waals surface area contributed by atoms with Crippen LogP contribution in [0.15, 0.2) is 30.3 Å². The monoisotopic (exact) mass is 230 g/mol. The minimum atomic E-state index is -3.53. The molecule has 2 rings (SSSR count).